The van der Waals surface area contributed by atoms with Gasteiger partial charge in [0.15, 0.2) is 11.7 Å². The summed E-state index contributed by atoms with van der Waals surface area (Å²) in [7, 11) is 0. The van der Waals surface area contributed by atoms with Crippen molar-refractivity contribution in [3.63, 3.8) is 0 Å². The average molecular weight is 510 g/mol. The molecule has 1 heterocycles. The number of carbonyl (C=O) groups excluding carboxylic acids is 2. The summed E-state index contributed by atoms with van der Waals surface area (Å²) in [5.74, 6) is -0.579. The maximum absolute atomic E-state index is 13.2. The molecule has 0 unspecified atom stereocenters. The van der Waals surface area contributed by atoms with Gasteiger partial charge in [-0.05, 0) is 49.5 Å². The van der Waals surface area contributed by atoms with Crippen LogP contribution in [0.4, 0.5) is 5.69 Å². The third-order valence-corrected chi connectivity index (χ3v) is 5.33. The number of hydrogen-bond acceptors (Lipinski definition) is 4. The topological polar surface area (TPSA) is 105 Å². The number of ether oxygens (including phenoxy) is 1. The summed E-state index contributed by atoms with van der Waals surface area (Å²) >= 11 is 14.9. The summed E-state index contributed by atoms with van der Waals surface area (Å²) in [4.78, 5) is 24.4. The molecule has 2 aromatic carbocycles. The fourth-order valence-electron chi connectivity index (χ4n) is 3.01. The van der Waals surface area contributed by atoms with Crippen LogP contribution in [-0.2, 0) is 9.59 Å². The lowest BCUT2D eigenvalue weighted by atomic mass is 9.94. The van der Waals surface area contributed by atoms with E-state index in [1.165, 1.54) is 0 Å². The van der Waals surface area contributed by atoms with Crippen LogP contribution in [0.25, 0.3) is 0 Å². The monoisotopic (exact) mass is 508 g/mol. The largest absolute Gasteiger partial charge is 0.483 e. The number of primary amides is 1. The number of para-hydroxylation sites is 1. The van der Waals surface area contributed by atoms with Crippen LogP contribution in [0, 0.1) is 0 Å². The summed E-state index contributed by atoms with van der Waals surface area (Å²) in [6, 6.07) is 11.5. The molecule has 0 saturated heterocycles. The molecule has 0 radical (unpaired) electrons. The van der Waals surface area contributed by atoms with E-state index in [0.717, 1.165) is 4.47 Å². The Morgan fingerprint density at radius 2 is 2.03 bits per heavy atom. The molecule has 2 aromatic rings. The number of nitrogens with one attached hydrogen (secondary N) is 3. The summed E-state index contributed by atoms with van der Waals surface area (Å²) in [6.07, 6.45) is 0. The Bertz CT molecular complexity index is 1060. The molecule has 5 N–H and O–H groups in total. The molecule has 0 saturated carbocycles. The number of rotatable bonds is 6. The van der Waals surface area contributed by atoms with Crippen molar-refractivity contribution in [2.45, 2.75) is 13.0 Å². The molecular formula is C20H18BrClN4O3S. The molecule has 1 atom stereocenters. The van der Waals surface area contributed by atoms with Crippen molar-refractivity contribution >= 4 is 62.4 Å². The quantitative estimate of drug-likeness (QED) is 0.445. The van der Waals surface area contributed by atoms with E-state index in [9.17, 15) is 9.59 Å². The van der Waals surface area contributed by atoms with Crippen molar-refractivity contribution in [3.8, 4) is 5.75 Å². The molecule has 0 spiro atoms. The Hall–Kier alpha value is -2.62. The van der Waals surface area contributed by atoms with Crippen molar-refractivity contribution < 1.29 is 14.3 Å². The van der Waals surface area contributed by atoms with Gasteiger partial charge in [0, 0.05) is 15.7 Å². The average Bonchev–Trinajstić information content (AvgIpc) is 2.68. The number of halogens is 2. The van der Waals surface area contributed by atoms with E-state index in [2.05, 4.69) is 31.9 Å². The van der Waals surface area contributed by atoms with Crippen LogP contribution in [0.3, 0.4) is 0 Å². The predicted molar refractivity (Wildman–Crippen MR) is 123 cm³/mol. The van der Waals surface area contributed by atoms with Gasteiger partial charge in [0.05, 0.1) is 22.3 Å². The zero-order chi connectivity index (χ0) is 21.8. The molecule has 2 amide bonds. The first-order valence-electron chi connectivity index (χ1n) is 8.81. The van der Waals surface area contributed by atoms with Crippen LogP contribution in [0.5, 0.6) is 5.75 Å². The first kappa shape index (κ1) is 22.1. The molecule has 10 heteroatoms. The number of thiocarbonyl (C=S) groups is 1. The van der Waals surface area contributed by atoms with Crippen molar-refractivity contribution in [2.75, 3.05) is 11.9 Å². The fourth-order valence-corrected chi connectivity index (χ4v) is 3.84. The Morgan fingerprint density at radius 1 is 1.30 bits per heavy atom. The van der Waals surface area contributed by atoms with Crippen molar-refractivity contribution in [1.29, 1.82) is 0 Å². The number of allylic oxidation sites excluding steroid dienone is 1. The maximum Gasteiger partial charge on any atom is 0.255 e. The van der Waals surface area contributed by atoms with E-state index in [1.807, 2.05) is 0 Å². The van der Waals surface area contributed by atoms with Gasteiger partial charge in [0.25, 0.3) is 11.8 Å². The minimum absolute atomic E-state index is 0.298. The molecule has 0 fully saturated rings. The first-order valence-corrected chi connectivity index (χ1v) is 10.4. The van der Waals surface area contributed by atoms with Gasteiger partial charge in [0.1, 0.15) is 5.75 Å². The highest BCUT2D eigenvalue weighted by Crippen LogP contribution is 2.36. The highest BCUT2D eigenvalue weighted by Gasteiger charge is 2.32. The SMILES string of the molecule is CC1=C(C(=O)Nc2ccccc2Cl)[C@H](c2cc(Br)ccc2OCC(N)=O)NC(=S)N1. The molecule has 3 rings (SSSR count). The molecule has 0 bridgehead atoms. The zero-order valence-electron chi connectivity index (χ0n) is 15.8. The fraction of sp³-hybridized carbons (Fsp3) is 0.150. The number of carbonyl (C=O) groups is 2. The van der Waals surface area contributed by atoms with E-state index in [0.29, 0.717) is 38.4 Å². The third-order valence-electron chi connectivity index (χ3n) is 4.29. The van der Waals surface area contributed by atoms with Crippen molar-refractivity contribution in [2.24, 2.45) is 5.73 Å². The van der Waals surface area contributed by atoms with Crippen LogP contribution < -0.4 is 26.4 Å². The first-order chi connectivity index (χ1) is 14.3. The van der Waals surface area contributed by atoms with Gasteiger partial charge in [-0.3, -0.25) is 9.59 Å². The van der Waals surface area contributed by atoms with Gasteiger partial charge in [-0.25, -0.2) is 0 Å². The predicted octanol–water partition coefficient (Wildman–Crippen LogP) is 3.40. The smallest absolute Gasteiger partial charge is 0.255 e. The third kappa shape index (κ3) is 5.10. The molecule has 0 aromatic heterocycles. The molecule has 1 aliphatic rings. The lowest BCUT2D eigenvalue weighted by Crippen LogP contribution is -2.46. The number of nitrogens with two attached hydrogens (primary N) is 1. The second-order valence-corrected chi connectivity index (χ2v) is 8.17. The highest BCUT2D eigenvalue weighted by molar-refractivity contribution is 9.10. The van der Waals surface area contributed by atoms with Gasteiger partial charge < -0.3 is 26.4 Å². The number of benzene rings is 2. The minimum atomic E-state index is -0.637. The molecule has 7 nitrogen and oxygen atoms in total. The maximum atomic E-state index is 13.2. The Labute approximate surface area is 192 Å². The number of anilines is 1. The Kier molecular flexibility index (Phi) is 6.96. The van der Waals surface area contributed by atoms with E-state index in [-0.39, 0.29) is 12.5 Å². The number of amides is 2. The van der Waals surface area contributed by atoms with Gasteiger partial charge in [-0.1, -0.05) is 39.7 Å². The van der Waals surface area contributed by atoms with Crippen LogP contribution in [0.1, 0.15) is 18.5 Å². The van der Waals surface area contributed by atoms with Crippen LogP contribution in [-0.4, -0.2) is 23.5 Å². The minimum Gasteiger partial charge on any atom is -0.483 e. The molecule has 1 aliphatic heterocycles. The molecule has 0 aliphatic carbocycles. The molecule has 30 heavy (non-hydrogen) atoms. The second-order valence-electron chi connectivity index (χ2n) is 6.44. The zero-order valence-corrected chi connectivity index (χ0v) is 19.0. The highest BCUT2D eigenvalue weighted by atomic mass is 79.9. The van der Waals surface area contributed by atoms with Crippen LogP contribution in [0.2, 0.25) is 5.02 Å². The summed E-state index contributed by atoms with van der Waals surface area (Å²) in [6.45, 7) is 1.46. The molecular weight excluding hydrogens is 492 g/mol. The summed E-state index contributed by atoms with van der Waals surface area (Å²) in [5.41, 5.74) is 7.28. The standard InChI is InChI=1S/C20H18BrClN4O3S/c1-10-17(19(28)25-14-5-3-2-4-13(14)22)18(26-20(30)24-10)12-8-11(21)6-7-15(12)29-9-16(23)27/h2-8,18H,9H2,1H3,(H2,23,27)(H,25,28)(H2,24,26,30)/t18-/m0/s1. The van der Waals surface area contributed by atoms with Crippen LogP contribution in [0.15, 0.2) is 58.2 Å². The number of hydrogen-bond donors (Lipinski definition) is 4. The normalized spacial score (nSPS) is 15.8. The van der Waals surface area contributed by atoms with Gasteiger partial charge in [-0.15, -0.1) is 0 Å². The van der Waals surface area contributed by atoms with Crippen LogP contribution >= 0.6 is 39.7 Å². The lowest BCUT2D eigenvalue weighted by Gasteiger charge is -2.31. The Balaban J connectivity index is 2.02. The van der Waals surface area contributed by atoms with Gasteiger partial charge in [-0.2, -0.15) is 0 Å². The lowest BCUT2D eigenvalue weighted by molar-refractivity contribution is -0.120. The van der Waals surface area contributed by atoms with Gasteiger partial charge >= 0.3 is 0 Å². The van der Waals surface area contributed by atoms with Gasteiger partial charge in [0.2, 0.25) is 0 Å². The summed E-state index contributed by atoms with van der Waals surface area (Å²) < 4.78 is 6.33. The van der Waals surface area contributed by atoms with E-state index in [4.69, 9.17) is 34.3 Å². The van der Waals surface area contributed by atoms with E-state index < -0.39 is 11.9 Å². The molecule has 156 valence electrons. The van der Waals surface area contributed by atoms with Crippen molar-refractivity contribution in [1.82, 2.24) is 10.6 Å². The van der Waals surface area contributed by atoms with E-state index in [1.54, 1.807) is 49.4 Å². The summed E-state index contributed by atoms with van der Waals surface area (Å²) in [5, 5.41) is 9.68. The Morgan fingerprint density at radius 3 is 2.73 bits per heavy atom. The van der Waals surface area contributed by atoms with Crippen molar-refractivity contribution in [3.05, 3.63) is 68.8 Å². The van der Waals surface area contributed by atoms with E-state index >= 15 is 0 Å². The second kappa shape index (κ2) is 9.46.